The first kappa shape index (κ1) is 7.70. The topological polar surface area (TPSA) is 9.23 Å². The highest BCUT2D eigenvalue weighted by molar-refractivity contribution is 4.64. The molecule has 1 radical (unpaired) electrons. The molecule has 0 unspecified atom stereocenters. The lowest BCUT2D eigenvalue weighted by molar-refractivity contribution is 0.235. The van der Waals surface area contributed by atoms with Crippen molar-refractivity contribution in [3.05, 3.63) is 19.8 Å². The summed E-state index contributed by atoms with van der Waals surface area (Å²) in [5.41, 5.74) is 0. The van der Waals surface area contributed by atoms with Gasteiger partial charge in [-0.2, -0.15) is 0 Å². The van der Waals surface area contributed by atoms with Crippen LogP contribution in [0.15, 0.2) is 12.7 Å². The van der Waals surface area contributed by atoms with Crippen LogP contribution < -0.4 is 0 Å². The van der Waals surface area contributed by atoms with Gasteiger partial charge < -0.3 is 4.74 Å². The lowest BCUT2D eigenvalue weighted by Gasteiger charge is -1.93. The summed E-state index contributed by atoms with van der Waals surface area (Å²) in [6, 6.07) is 0. The predicted octanol–water partition coefficient (Wildman–Crippen LogP) is 2.15. The predicted molar refractivity (Wildman–Crippen MR) is 35.4 cm³/mol. The quantitative estimate of drug-likeness (QED) is 0.392. The van der Waals surface area contributed by atoms with Gasteiger partial charge in [-0.25, -0.2) is 0 Å². The minimum Gasteiger partial charge on any atom is -0.379 e. The van der Waals surface area contributed by atoms with Crippen molar-refractivity contribution in [3.8, 4) is 0 Å². The van der Waals surface area contributed by atoms with Crippen molar-refractivity contribution in [3.63, 3.8) is 0 Å². The number of rotatable bonds is 5. The van der Waals surface area contributed by atoms with E-state index < -0.39 is 0 Å². The molecule has 0 spiro atoms. The first-order chi connectivity index (χ1) is 3.91. The number of allylic oxidation sites excluding steroid dienone is 1. The Morgan fingerprint density at radius 2 is 2.12 bits per heavy atom. The van der Waals surface area contributed by atoms with Gasteiger partial charge in [0.15, 0.2) is 0 Å². The second kappa shape index (κ2) is 6.70. The minimum absolute atomic E-state index is 0.772. The fourth-order valence-electron chi connectivity index (χ4n) is 0.493. The van der Waals surface area contributed by atoms with Crippen LogP contribution in [0.25, 0.3) is 0 Å². The normalized spacial score (nSPS) is 9.12. The van der Waals surface area contributed by atoms with Gasteiger partial charge in [0.25, 0.3) is 0 Å². The van der Waals surface area contributed by atoms with Crippen LogP contribution in [0, 0.1) is 7.11 Å². The van der Waals surface area contributed by atoms with E-state index in [0.717, 1.165) is 19.4 Å². The molecular weight excluding hydrogens is 100 g/mol. The Balaban J connectivity index is 2.62. The Kier molecular flexibility index (Phi) is 6.45. The molecule has 0 aromatic carbocycles. The van der Waals surface area contributed by atoms with Gasteiger partial charge in [0.05, 0.1) is 7.11 Å². The summed E-state index contributed by atoms with van der Waals surface area (Å²) in [5, 5.41) is 0. The lowest BCUT2D eigenvalue weighted by Crippen LogP contribution is -1.84. The highest BCUT2D eigenvalue weighted by Gasteiger charge is 1.81. The summed E-state index contributed by atoms with van der Waals surface area (Å²) in [6.45, 7) is 4.37. The van der Waals surface area contributed by atoms with E-state index in [4.69, 9.17) is 0 Å². The molecule has 0 saturated carbocycles. The zero-order valence-electron chi connectivity index (χ0n) is 5.23. The first-order valence-electron chi connectivity index (χ1n) is 2.89. The second-order valence-corrected chi connectivity index (χ2v) is 1.69. The SMILES string of the molecule is [CH2]OCCCCC=C. The third kappa shape index (κ3) is 5.70. The fourth-order valence-corrected chi connectivity index (χ4v) is 0.493. The number of hydrogen-bond acceptors (Lipinski definition) is 1. The molecule has 0 aliphatic rings. The van der Waals surface area contributed by atoms with Crippen LogP contribution in [-0.2, 0) is 4.74 Å². The van der Waals surface area contributed by atoms with Gasteiger partial charge in [0.2, 0.25) is 0 Å². The van der Waals surface area contributed by atoms with Crippen molar-refractivity contribution in [2.45, 2.75) is 19.3 Å². The van der Waals surface area contributed by atoms with Crippen LogP contribution in [0.2, 0.25) is 0 Å². The summed E-state index contributed by atoms with van der Waals surface area (Å²) >= 11 is 0. The van der Waals surface area contributed by atoms with Crippen molar-refractivity contribution in [1.29, 1.82) is 0 Å². The van der Waals surface area contributed by atoms with Crippen molar-refractivity contribution in [2.75, 3.05) is 6.61 Å². The molecule has 0 aliphatic heterocycles. The van der Waals surface area contributed by atoms with E-state index in [0.29, 0.717) is 0 Å². The molecule has 0 heterocycles. The third-order valence-corrected chi connectivity index (χ3v) is 0.947. The Hall–Kier alpha value is -0.300. The van der Waals surface area contributed by atoms with Crippen molar-refractivity contribution >= 4 is 0 Å². The van der Waals surface area contributed by atoms with Crippen LogP contribution in [0.5, 0.6) is 0 Å². The largest absolute Gasteiger partial charge is 0.379 e. The molecule has 0 rings (SSSR count). The zero-order valence-corrected chi connectivity index (χ0v) is 5.23. The summed E-state index contributed by atoms with van der Waals surface area (Å²) in [5.74, 6) is 0. The number of hydrogen-bond donors (Lipinski definition) is 0. The molecule has 0 fully saturated rings. The molecule has 0 atom stereocenters. The second-order valence-electron chi connectivity index (χ2n) is 1.69. The molecule has 0 aromatic heterocycles. The summed E-state index contributed by atoms with van der Waals surface area (Å²) < 4.78 is 4.60. The van der Waals surface area contributed by atoms with Gasteiger partial charge in [-0.3, -0.25) is 0 Å². The Bertz CT molecular complexity index is 50.3. The fraction of sp³-hybridized carbons (Fsp3) is 0.571. The highest BCUT2D eigenvalue weighted by Crippen LogP contribution is 1.94. The Morgan fingerprint density at radius 1 is 1.38 bits per heavy atom. The van der Waals surface area contributed by atoms with E-state index in [1.807, 2.05) is 6.08 Å². The molecule has 0 N–H and O–H groups in total. The third-order valence-electron chi connectivity index (χ3n) is 0.947. The van der Waals surface area contributed by atoms with E-state index in [2.05, 4.69) is 18.4 Å². The average Bonchev–Trinajstić information content (AvgIpc) is 1.81. The van der Waals surface area contributed by atoms with E-state index in [9.17, 15) is 0 Å². The summed E-state index contributed by atoms with van der Waals surface area (Å²) in [6.07, 6.45) is 5.26. The van der Waals surface area contributed by atoms with E-state index in [1.165, 1.54) is 6.42 Å². The molecule has 0 saturated heterocycles. The molecule has 1 nitrogen and oxygen atoms in total. The monoisotopic (exact) mass is 113 g/mol. The molecule has 1 heteroatoms. The van der Waals surface area contributed by atoms with Crippen LogP contribution in [0.4, 0.5) is 0 Å². The molecule has 47 valence electrons. The molecule has 0 aromatic rings. The van der Waals surface area contributed by atoms with Gasteiger partial charge >= 0.3 is 0 Å². The number of unbranched alkanes of at least 4 members (excludes halogenated alkanes) is 2. The average molecular weight is 113 g/mol. The van der Waals surface area contributed by atoms with Crippen LogP contribution in [0.1, 0.15) is 19.3 Å². The molecule has 0 bridgehead atoms. The van der Waals surface area contributed by atoms with Gasteiger partial charge in [-0.05, 0) is 19.3 Å². The summed E-state index contributed by atoms with van der Waals surface area (Å²) in [7, 11) is 3.26. The van der Waals surface area contributed by atoms with Crippen molar-refractivity contribution in [2.24, 2.45) is 0 Å². The zero-order chi connectivity index (χ0) is 6.24. The minimum atomic E-state index is 0.772. The van der Waals surface area contributed by atoms with Crippen molar-refractivity contribution < 1.29 is 4.74 Å². The van der Waals surface area contributed by atoms with Crippen LogP contribution >= 0.6 is 0 Å². The summed E-state index contributed by atoms with van der Waals surface area (Å²) in [4.78, 5) is 0. The van der Waals surface area contributed by atoms with Crippen molar-refractivity contribution in [1.82, 2.24) is 0 Å². The van der Waals surface area contributed by atoms with Gasteiger partial charge in [-0.1, -0.05) is 6.08 Å². The van der Waals surface area contributed by atoms with E-state index in [-0.39, 0.29) is 0 Å². The van der Waals surface area contributed by atoms with E-state index >= 15 is 0 Å². The van der Waals surface area contributed by atoms with E-state index in [1.54, 1.807) is 0 Å². The first-order valence-corrected chi connectivity index (χ1v) is 2.89. The van der Waals surface area contributed by atoms with Crippen LogP contribution in [0.3, 0.4) is 0 Å². The molecule has 0 aliphatic carbocycles. The maximum absolute atomic E-state index is 4.60. The van der Waals surface area contributed by atoms with Crippen LogP contribution in [-0.4, -0.2) is 6.61 Å². The van der Waals surface area contributed by atoms with Gasteiger partial charge in [-0.15, -0.1) is 6.58 Å². The lowest BCUT2D eigenvalue weighted by atomic mass is 10.2. The Labute approximate surface area is 51.4 Å². The Morgan fingerprint density at radius 3 is 2.62 bits per heavy atom. The molecular formula is C7H13O. The smallest absolute Gasteiger partial charge is 0.0700 e. The van der Waals surface area contributed by atoms with Gasteiger partial charge in [0.1, 0.15) is 0 Å². The number of ether oxygens (including phenoxy) is 1. The van der Waals surface area contributed by atoms with Gasteiger partial charge in [0, 0.05) is 6.61 Å². The maximum Gasteiger partial charge on any atom is 0.0700 e. The molecule has 0 amide bonds. The maximum atomic E-state index is 4.60. The molecule has 8 heavy (non-hydrogen) atoms. The standard InChI is InChI=1S/C7H13O/c1-3-4-5-6-7-8-2/h3H,1-2,4-7H2. The highest BCUT2D eigenvalue weighted by atomic mass is 16.5.